The van der Waals surface area contributed by atoms with Crippen molar-refractivity contribution < 1.29 is 4.39 Å². The highest BCUT2D eigenvalue weighted by Gasteiger charge is 2.15. The number of thiocarbonyl (C=S) groups is 1. The highest BCUT2D eigenvalue weighted by molar-refractivity contribution is 7.80. The second-order valence-corrected chi connectivity index (χ2v) is 9.03. The first-order valence-electron chi connectivity index (χ1n) is 10.1. The van der Waals surface area contributed by atoms with Gasteiger partial charge in [0, 0.05) is 47.4 Å². The molecule has 0 aliphatic heterocycles. The first kappa shape index (κ1) is 27.7. The molecule has 0 fully saturated rings. The normalized spacial score (nSPS) is 14.4. The minimum absolute atomic E-state index is 0.0330. The van der Waals surface area contributed by atoms with Crippen LogP contribution in [-0.4, -0.2) is 17.6 Å². The van der Waals surface area contributed by atoms with Gasteiger partial charge in [0.25, 0.3) is 0 Å². The first-order chi connectivity index (χ1) is 13.8. The summed E-state index contributed by atoms with van der Waals surface area (Å²) >= 11 is 5.42. The molecule has 4 nitrogen and oxygen atoms in total. The van der Waals surface area contributed by atoms with Gasteiger partial charge in [-0.2, -0.15) is 0 Å². The van der Waals surface area contributed by atoms with Gasteiger partial charge >= 0.3 is 0 Å². The fourth-order valence-electron chi connectivity index (χ4n) is 2.59. The topological polar surface area (TPSA) is 62.1 Å². The zero-order chi connectivity index (χ0) is 23.5. The molecule has 0 heterocycles. The Kier molecular flexibility index (Phi) is 12.0. The Morgan fingerprint density at radius 1 is 1.23 bits per heavy atom. The Bertz CT molecular complexity index is 739. The van der Waals surface area contributed by atoms with Crippen LogP contribution in [0.25, 0.3) is 0 Å². The molecular formula is C24H39FN4S. The van der Waals surface area contributed by atoms with Crippen LogP contribution in [-0.2, 0) is 0 Å². The van der Waals surface area contributed by atoms with Crippen molar-refractivity contribution in [1.29, 1.82) is 0 Å². The van der Waals surface area contributed by atoms with Crippen LogP contribution in [0.15, 0.2) is 72.2 Å². The Hall–Kier alpha value is -2.34. The van der Waals surface area contributed by atoms with E-state index in [1.54, 1.807) is 19.1 Å². The van der Waals surface area contributed by atoms with Gasteiger partial charge in [0.2, 0.25) is 0 Å². The molecule has 0 radical (unpaired) electrons. The van der Waals surface area contributed by atoms with Gasteiger partial charge in [0.1, 0.15) is 5.83 Å². The van der Waals surface area contributed by atoms with E-state index in [0.29, 0.717) is 23.5 Å². The van der Waals surface area contributed by atoms with Crippen LogP contribution in [0.2, 0.25) is 0 Å². The van der Waals surface area contributed by atoms with Crippen LogP contribution < -0.4 is 21.7 Å². The predicted octanol–water partition coefficient (Wildman–Crippen LogP) is 5.50. The van der Waals surface area contributed by atoms with Crippen LogP contribution in [0.4, 0.5) is 4.39 Å². The molecule has 0 rings (SSSR count). The van der Waals surface area contributed by atoms with E-state index in [4.69, 9.17) is 18.0 Å². The minimum Gasteiger partial charge on any atom is -0.399 e. The lowest BCUT2D eigenvalue weighted by molar-refractivity contribution is 0.429. The third-order valence-corrected chi connectivity index (χ3v) is 4.45. The van der Waals surface area contributed by atoms with E-state index < -0.39 is 5.83 Å². The summed E-state index contributed by atoms with van der Waals surface area (Å²) in [5, 5.41) is 9.56. The fourth-order valence-corrected chi connectivity index (χ4v) is 3.10. The van der Waals surface area contributed by atoms with Crippen LogP contribution in [0.1, 0.15) is 54.4 Å². The number of halogens is 1. The summed E-state index contributed by atoms with van der Waals surface area (Å²) in [6, 6.07) is 0.0330. The van der Waals surface area contributed by atoms with Gasteiger partial charge in [0.05, 0.1) is 4.99 Å². The van der Waals surface area contributed by atoms with Crippen molar-refractivity contribution in [2.24, 2.45) is 11.1 Å². The zero-order valence-electron chi connectivity index (χ0n) is 19.4. The molecule has 0 saturated carbocycles. The summed E-state index contributed by atoms with van der Waals surface area (Å²) in [5.74, 6) is -0.430. The number of allylic oxidation sites excluding steroid dienone is 6. The van der Waals surface area contributed by atoms with E-state index in [1.807, 2.05) is 13.8 Å². The van der Waals surface area contributed by atoms with Crippen LogP contribution in [0, 0.1) is 5.41 Å². The molecule has 0 saturated heterocycles. The summed E-state index contributed by atoms with van der Waals surface area (Å²) in [6.45, 7) is 24.0. The molecule has 6 heteroatoms. The smallest absolute Gasteiger partial charge is 0.142 e. The maximum absolute atomic E-state index is 14.9. The number of hydrogen-bond donors (Lipinski definition) is 4. The largest absolute Gasteiger partial charge is 0.399 e. The second-order valence-electron chi connectivity index (χ2n) is 8.54. The van der Waals surface area contributed by atoms with Crippen molar-refractivity contribution >= 4 is 17.2 Å². The highest BCUT2D eigenvalue weighted by Crippen LogP contribution is 2.19. The van der Waals surface area contributed by atoms with Gasteiger partial charge in [-0.05, 0) is 37.8 Å². The molecule has 0 spiro atoms. The molecule has 168 valence electrons. The van der Waals surface area contributed by atoms with Crippen LogP contribution in [0.3, 0.4) is 0 Å². The molecule has 5 N–H and O–H groups in total. The molecule has 0 aromatic carbocycles. The lowest BCUT2D eigenvalue weighted by Gasteiger charge is -2.23. The minimum atomic E-state index is -0.430. The van der Waals surface area contributed by atoms with E-state index in [1.165, 1.54) is 6.08 Å². The molecule has 1 unspecified atom stereocenters. The van der Waals surface area contributed by atoms with Crippen molar-refractivity contribution in [3.8, 4) is 0 Å². The first-order valence-corrected chi connectivity index (χ1v) is 10.5. The summed E-state index contributed by atoms with van der Waals surface area (Å²) < 4.78 is 14.9. The zero-order valence-corrected chi connectivity index (χ0v) is 20.2. The highest BCUT2D eigenvalue weighted by atomic mass is 32.1. The average Bonchev–Trinajstić information content (AvgIpc) is 2.60. The van der Waals surface area contributed by atoms with Gasteiger partial charge in [0.15, 0.2) is 0 Å². The van der Waals surface area contributed by atoms with Crippen molar-refractivity contribution in [3.05, 3.63) is 72.2 Å². The number of nitrogens with two attached hydrogens (primary N) is 1. The van der Waals surface area contributed by atoms with Gasteiger partial charge in [-0.3, -0.25) is 0 Å². The average molecular weight is 435 g/mol. The van der Waals surface area contributed by atoms with Crippen molar-refractivity contribution in [2.45, 2.75) is 60.4 Å². The fraction of sp³-hybridized carbons (Fsp3) is 0.458. The Labute approximate surface area is 188 Å². The molecule has 0 amide bonds. The maximum Gasteiger partial charge on any atom is 0.142 e. The molecule has 0 aromatic heterocycles. The molecule has 30 heavy (non-hydrogen) atoms. The molecular weight excluding hydrogens is 395 g/mol. The monoisotopic (exact) mass is 434 g/mol. The molecule has 0 aliphatic carbocycles. The third-order valence-electron chi connectivity index (χ3n) is 4.17. The lowest BCUT2D eigenvalue weighted by Crippen LogP contribution is -2.40. The van der Waals surface area contributed by atoms with Crippen LogP contribution >= 0.6 is 12.2 Å². The van der Waals surface area contributed by atoms with E-state index >= 15 is 0 Å². The quantitative estimate of drug-likeness (QED) is 0.241. The summed E-state index contributed by atoms with van der Waals surface area (Å²) in [7, 11) is 0. The summed E-state index contributed by atoms with van der Waals surface area (Å²) in [4.78, 5) is 0.816. The Morgan fingerprint density at radius 2 is 1.83 bits per heavy atom. The Balaban J connectivity index is 5.28. The van der Waals surface area contributed by atoms with Gasteiger partial charge in [-0.1, -0.05) is 65.7 Å². The van der Waals surface area contributed by atoms with E-state index in [-0.39, 0.29) is 17.2 Å². The number of hydrogen-bond acceptors (Lipinski definition) is 4. The van der Waals surface area contributed by atoms with Crippen molar-refractivity contribution in [1.82, 2.24) is 16.0 Å². The standard InChI is InChI=1S/C24H39FN4S/c1-10-12-16(3)28-18(5)21(17(4)26)13-22(25)19(6)29-20(11-2)15-27-23(30)14-24(7,8)9/h10,12-13,20,28-29H,1,4-5,11,14-15,26H2,2-3,6-9H3,(H,27,30)/b16-12+,21-13-,22-19-. The third kappa shape index (κ3) is 11.6. The molecule has 1 atom stereocenters. The lowest BCUT2D eigenvalue weighted by atomic mass is 9.92. The Morgan fingerprint density at radius 3 is 2.30 bits per heavy atom. The SMILES string of the molecule is C=C/C=C(\C)NC(=C)/C(=C\C(F)=C(/C)NC(CC)CNC(=S)CC(C)(C)C)C(=C)N. The summed E-state index contributed by atoms with van der Waals surface area (Å²) in [6.07, 6.45) is 6.39. The number of rotatable bonds is 12. The van der Waals surface area contributed by atoms with E-state index in [0.717, 1.165) is 23.5 Å². The van der Waals surface area contributed by atoms with Gasteiger partial charge in [-0.25, -0.2) is 4.39 Å². The van der Waals surface area contributed by atoms with E-state index in [9.17, 15) is 4.39 Å². The van der Waals surface area contributed by atoms with Crippen LogP contribution in [0.5, 0.6) is 0 Å². The van der Waals surface area contributed by atoms with Gasteiger partial charge < -0.3 is 21.7 Å². The van der Waals surface area contributed by atoms with Crippen molar-refractivity contribution in [3.63, 3.8) is 0 Å². The van der Waals surface area contributed by atoms with Crippen molar-refractivity contribution in [2.75, 3.05) is 6.54 Å². The predicted molar refractivity (Wildman–Crippen MR) is 133 cm³/mol. The van der Waals surface area contributed by atoms with E-state index in [2.05, 4.69) is 56.5 Å². The molecule has 0 aliphatic rings. The van der Waals surface area contributed by atoms with Gasteiger partial charge in [-0.15, -0.1) is 0 Å². The molecule has 0 aromatic rings. The number of nitrogens with one attached hydrogen (secondary N) is 3. The molecule has 0 bridgehead atoms. The second kappa shape index (κ2) is 13.1. The summed E-state index contributed by atoms with van der Waals surface area (Å²) in [5.41, 5.74) is 8.30. The maximum atomic E-state index is 14.9.